The minimum absolute atomic E-state index is 0.191. The maximum Gasteiger partial charge on any atom is 0.336 e. The number of amides is 2. The molecular formula is C14H14N2O3S. The van der Waals surface area contributed by atoms with Crippen LogP contribution in [-0.2, 0) is 0 Å². The lowest BCUT2D eigenvalue weighted by atomic mass is 10.0. The van der Waals surface area contributed by atoms with Crippen LogP contribution in [0.5, 0.6) is 0 Å². The van der Waals surface area contributed by atoms with Crippen molar-refractivity contribution in [2.45, 2.75) is 13.8 Å². The molecule has 0 aliphatic heterocycles. The number of nitrogens with one attached hydrogen (secondary N) is 2. The summed E-state index contributed by atoms with van der Waals surface area (Å²) in [6.07, 6.45) is 0. The van der Waals surface area contributed by atoms with Crippen molar-refractivity contribution < 1.29 is 14.7 Å². The van der Waals surface area contributed by atoms with Gasteiger partial charge in [-0.25, -0.2) is 9.59 Å². The highest BCUT2D eigenvalue weighted by Crippen LogP contribution is 2.20. The summed E-state index contributed by atoms with van der Waals surface area (Å²) in [6.45, 7) is 3.55. The van der Waals surface area contributed by atoms with E-state index in [1.807, 2.05) is 17.7 Å². The molecule has 20 heavy (non-hydrogen) atoms. The van der Waals surface area contributed by atoms with Gasteiger partial charge in [-0.2, -0.15) is 11.3 Å². The van der Waals surface area contributed by atoms with Gasteiger partial charge in [0.2, 0.25) is 0 Å². The largest absolute Gasteiger partial charge is 0.478 e. The van der Waals surface area contributed by atoms with Crippen molar-refractivity contribution in [3.8, 4) is 0 Å². The Morgan fingerprint density at radius 1 is 1.15 bits per heavy atom. The molecule has 1 aromatic carbocycles. The molecule has 0 fully saturated rings. The van der Waals surface area contributed by atoms with E-state index in [9.17, 15) is 9.59 Å². The number of aromatic carboxylic acids is 1. The first-order valence-electron chi connectivity index (χ1n) is 5.92. The zero-order valence-corrected chi connectivity index (χ0v) is 11.9. The summed E-state index contributed by atoms with van der Waals surface area (Å²) in [7, 11) is 0. The summed E-state index contributed by atoms with van der Waals surface area (Å²) in [4.78, 5) is 22.9. The Balaban J connectivity index is 2.17. The molecule has 0 aliphatic carbocycles. The van der Waals surface area contributed by atoms with Crippen LogP contribution in [-0.4, -0.2) is 17.1 Å². The summed E-state index contributed by atoms with van der Waals surface area (Å²) in [5, 5.41) is 18.1. The highest BCUT2D eigenvalue weighted by molar-refractivity contribution is 7.08. The lowest BCUT2D eigenvalue weighted by Gasteiger charge is -2.11. The number of anilines is 2. The number of hydrogen-bond donors (Lipinski definition) is 3. The quantitative estimate of drug-likeness (QED) is 0.806. The van der Waals surface area contributed by atoms with Crippen LogP contribution in [0.2, 0.25) is 0 Å². The van der Waals surface area contributed by atoms with Gasteiger partial charge in [0, 0.05) is 11.1 Å². The minimum Gasteiger partial charge on any atom is -0.478 e. The summed E-state index contributed by atoms with van der Waals surface area (Å²) < 4.78 is 0. The molecule has 2 rings (SSSR count). The maximum absolute atomic E-state index is 11.8. The summed E-state index contributed by atoms with van der Waals surface area (Å²) in [6, 6.07) is 4.59. The number of carbonyl (C=O) groups is 2. The van der Waals surface area contributed by atoms with Crippen molar-refractivity contribution >= 4 is 34.7 Å². The molecule has 1 aromatic heterocycles. The molecule has 0 aliphatic rings. The van der Waals surface area contributed by atoms with Crippen LogP contribution in [0.15, 0.2) is 29.0 Å². The van der Waals surface area contributed by atoms with Crippen LogP contribution in [0.4, 0.5) is 16.2 Å². The molecule has 2 amide bonds. The summed E-state index contributed by atoms with van der Waals surface area (Å²) in [5.74, 6) is -1.01. The molecule has 0 unspecified atom stereocenters. The molecule has 0 atom stereocenters. The van der Waals surface area contributed by atoms with Gasteiger partial charge in [0.25, 0.3) is 0 Å². The zero-order valence-electron chi connectivity index (χ0n) is 11.1. The second-order valence-electron chi connectivity index (χ2n) is 4.36. The van der Waals surface area contributed by atoms with E-state index in [1.54, 1.807) is 19.1 Å². The van der Waals surface area contributed by atoms with Gasteiger partial charge in [-0.3, -0.25) is 0 Å². The number of urea groups is 1. The lowest BCUT2D eigenvalue weighted by molar-refractivity contribution is 0.0696. The van der Waals surface area contributed by atoms with E-state index >= 15 is 0 Å². The van der Waals surface area contributed by atoms with Gasteiger partial charge < -0.3 is 15.7 Å². The monoisotopic (exact) mass is 290 g/mol. The molecular weight excluding hydrogens is 276 g/mol. The van der Waals surface area contributed by atoms with Crippen molar-refractivity contribution in [1.29, 1.82) is 0 Å². The molecule has 0 radical (unpaired) electrons. The first kappa shape index (κ1) is 14.1. The van der Waals surface area contributed by atoms with Crippen LogP contribution < -0.4 is 10.6 Å². The summed E-state index contributed by atoms with van der Waals surface area (Å²) >= 11 is 1.48. The van der Waals surface area contributed by atoms with Crippen molar-refractivity contribution in [2.75, 3.05) is 10.6 Å². The molecule has 0 saturated heterocycles. The van der Waals surface area contributed by atoms with Crippen molar-refractivity contribution in [1.82, 2.24) is 0 Å². The fourth-order valence-electron chi connectivity index (χ4n) is 1.78. The first-order valence-corrected chi connectivity index (χ1v) is 6.86. The third kappa shape index (κ3) is 3.16. The predicted molar refractivity (Wildman–Crippen MR) is 79.8 cm³/mol. The number of carboxylic acid groups (broad SMARTS) is 1. The highest BCUT2D eigenvalue weighted by atomic mass is 32.1. The Labute approximate surface area is 120 Å². The topological polar surface area (TPSA) is 78.4 Å². The molecule has 1 heterocycles. The first-order chi connectivity index (χ1) is 9.47. The second kappa shape index (κ2) is 5.75. The van der Waals surface area contributed by atoms with Crippen LogP contribution in [0.25, 0.3) is 0 Å². The van der Waals surface area contributed by atoms with Gasteiger partial charge in [0.05, 0.1) is 11.3 Å². The number of rotatable bonds is 3. The smallest absolute Gasteiger partial charge is 0.336 e. The normalized spacial score (nSPS) is 10.1. The molecule has 0 spiro atoms. The number of thiophene rings is 1. The van der Waals surface area contributed by atoms with E-state index in [4.69, 9.17) is 5.11 Å². The molecule has 104 valence electrons. The predicted octanol–water partition coefficient (Wildman–Crippen LogP) is 3.71. The molecule has 6 heteroatoms. The Morgan fingerprint density at radius 3 is 2.45 bits per heavy atom. The van der Waals surface area contributed by atoms with Gasteiger partial charge in [-0.1, -0.05) is 0 Å². The third-order valence-electron chi connectivity index (χ3n) is 2.93. The van der Waals surface area contributed by atoms with Crippen LogP contribution >= 0.6 is 11.3 Å². The fourth-order valence-corrected chi connectivity index (χ4v) is 2.37. The Morgan fingerprint density at radius 2 is 1.85 bits per heavy atom. The van der Waals surface area contributed by atoms with E-state index in [0.717, 1.165) is 5.56 Å². The number of hydrogen-bond acceptors (Lipinski definition) is 3. The van der Waals surface area contributed by atoms with Crippen molar-refractivity contribution in [3.05, 3.63) is 45.6 Å². The van der Waals surface area contributed by atoms with Gasteiger partial charge >= 0.3 is 12.0 Å². The van der Waals surface area contributed by atoms with E-state index in [-0.39, 0.29) is 5.56 Å². The number of benzene rings is 1. The molecule has 2 aromatic rings. The van der Waals surface area contributed by atoms with Gasteiger partial charge in [-0.05, 0) is 48.6 Å². The third-order valence-corrected chi connectivity index (χ3v) is 3.62. The van der Waals surface area contributed by atoms with E-state index in [2.05, 4.69) is 10.6 Å². The molecule has 3 N–H and O–H groups in total. The second-order valence-corrected chi connectivity index (χ2v) is 5.14. The van der Waals surface area contributed by atoms with E-state index in [0.29, 0.717) is 16.9 Å². The Kier molecular flexibility index (Phi) is 4.05. The maximum atomic E-state index is 11.8. The van der Waals surface area contributed by atoms with Gasteiger partial charge in [0.15, 0.2) is 0 Å². The molecule has 0 bridgehead atoms. The average molecular weight is 290 g/mol. The standard InChI is InChI=1S/C14H14N2O3S/c1-8-5-11(6-12(9(8)2)13(17)18)16-14(19)15-10-3-4-20-7-10/h3-7H,1-2H3,(H,17,18)(H2,15,16,19). The van der Waals surface area contributed by atoms with Gasteiger partial charge in [0.1, 0.15) is 0 Å². The van der Waals surface area contributed by atoms with Crippen molar-refractivity contribution in [3.63, 3.8) is 0 Å². The van der Waals surface area contributed by atoms with Crippen LogP contribution in [0, 0.1) is 13.8 Å². The number of aryl methyl sites for hydroxylation is 1. The molecule has 0 saturated carbocycles. The summed E-state index contributed by atoms with van der Waals surface area (Å²) in [5.41, 5.74) is 2.86. The number of carboxylic acids is 1. The Hall–Kier alpha value is -2.34. The molecule has 5 nitrogen and oxygen atoms in total. The van der Waals surface area contributed by atoms with E-state index < -0.39 is 12.0 Å². The fraction of sp³-hybridized carbons (Fsp3) is 0.143. The average Bonchev–Trinajstić information content (AvgIpc) is 2.85. The Bertz CT molecular complexity index is 651. The number of carbonyl (C=O) groups excluding carboxylic acids is 1. The highest BCUT2D eigenvalue weighted by Gasteiger charge is 2.12. The van der Waals surface area contributed by atoms with Crippen LogP contribution in [0.3, 0.4) is 0 Å². The SMILES string of the molecule is Cc1cc(NC(=O)Nc2ccsc2)cc(C(=O)O)c1C. The van der Waals surface area contributed by atoms with E-state index in [1.165, 1.54) is 17.4 Å². The zero-order chi connectivity index (χ0) is 14.7. The minimum atomic E-state index is -1.01. The van der Waals surface area contributed by atoms with Gasteiger partial charge in [-0.15, -0.1) is 0 Å². The van der Waals surface area contributed by atoms with Crippen molar-refractivity contribution in [2.24, 2.45) is 0 Å². The lowest BCUT2D eigenvalue weighted by Crippen LogP contribution is -2.19. The van der Waals surface area contributed by atoms with Crippen LogP contribution in [0.1, 0.15) is 21.5 Å².